The van der Waals surface area contributed by atoms with Gasteiger partial charge in [0.05, 0.1) is 6.61 Å². The Balaban J connectivity index is 1.28. The van der Waals surface area contributed by atoms with Gasteiger partial charge in [-0.15, -0.1) is 0 Å². The van der Waals surface area contributed by atoms with E-state index in [1.54, 1.807) is 48.6 Å². The molecule has 0 bridgehead atoms. The molecule has 15 nitrogen and oxygen atoms in total. The number of aliphatic hydroxyl groups excluding tert-OH is 4. The number of phenols is 2. The zero-order chi connectivity index (χ0) is 36.4. The molecule has 3 aliphatic heterocycles. The molecule has 3 aliphatic rings. The van der Waals surface area contributed by atoms with Gasteiger partial charge < -0.3 is 59.4 Å². The number of fused-ring (bicyclic) bond motifs is 1. The van der Waals surface area contributed by atoms with Crippen LogP contribution < -0.4 is 18.9 Å². The molecule has 268 valence electrons. The third-order valence-corrected chi connectivity index (χ3v) is 8.42. The molecule has 0 radical (unpaired) electrons. The van der Waals surface area contributed by atoms with E-state index in [9.17, 15) is 40.5 Å². The maximum Gasteiger partial charge on any atom is 0.335 e. The first-order valence-corrected chi connectivity index (χ1v) is 16.0. The predicted octanol–water partition coefficient (Wildman–Crippen LogP) is 3.30. The summed E-state index contributed by atoms with van der Waals surface area (Å²) in [4.78, 5) is 15.8. The van der Waals surface area contributed by atoms with Crippen LogP contribution in [0, 0.1) is 5.41 Å². The Morgan fingerprint density at radius 1 is 0.941 bits per heavy atom. The third kappa shape index (κ3) is 7.61. The van der Waals surface area contributed by atoms with E-state index in [1.165, 1.54) is 18.2 Å². The SMILES string of the molecule is CCc1cc(O)cc(COc2c(OC3OC(C(=O)O)C(O)C(O)C3O)cc3c(c2O)C(O)=CC(c2ccc(OCCC4=NC(=N)C=C4)cc2)O3)c1. The molecule has 51 heavy (non-hydrogen) atoms. The third-order valence-electron chi connectivity index (χ3n) is 8.42. The van der Waals surface area contributed by atoms with Crippen LogP contribution in [0.4, 0.5) is 0 Å². The molecular weight excluding hydrogens is 668 g/mol. The summed E-state index contributed by atoms with van der Waals surface area (Å²) in [6.07, 6.45) is -4.70. The van der Waals surface area contributed by atoms with Gasteiger partial charge in [-0.3, -0.25) is 5.41 Å². The Bertz CT molecular complexity index is 1910. The number of ether oxygens (including phenoxy) is 5. The number of hydrogen-bond donors (Lipinski definition) is 8. The number of aryl methyl sites for hydroxylation is 1. The summed E-state index contributed by atoms with van der Waals surface area (Å²) in [6, 6.07) is 12.9. The van der Waals surface area contributed by atoms with Crippen molar-refractivity contribution < 1.29 is 64.2 Å². The lowest BCUT2D eigenvalue weighted by Gasteiger charge is -2.38. The van der Waals surface area contributed by atoms with Crippen molar-refractivity contribution in [2.75, 3.05) is 6.61 Å². The molecule has 15 heteroatoms. The van der Waals surface area contributed by atoms with E-state index in [0.29, 0.717) is 36.3 Å². The molecule has 0 aromatic heterocycles. The zero-order valence-corrected chi connectivity index (χ0v) is 27.2. The molecule has 0 spiro atoms. The Morgan fingerprint density at radius 3 is 2.37 bits per heavy atom. The topological polar surface area (TPSA) is 241 Å². The first-order chi connectivity index (χ1) is 24.4. The van der Waals surface area contributed by atoms with Crippen LogP contribution in [0.2, 0.25) is 0 Å². The molecule has 3 heterocycles. The van der Waals surface area contributed by atoms with Crippen molar-refractivity contribution in [3.05, 3.63) is 89.0 Å². The van der Waals surface area contributed by atoms with Gasteiger partial charge in [-0.05, 0) is 59.5 Å². The number of carboxylic acid groups (broad SMARTS) is 1. The second-order valence-electron chi connectivity index (χ2n) is 12.0. The van der Waals surface area contributed by atoms with Crippen molar-refractivity contribution >= 4 is 23.3 Å². The number of benzene rings is 3. The minimum absolute atomic E-state index is 0.0108. The van der Waals surface area contributed by atoms with E-state index in [0.717, 1.165) is 11.3 Å². The molecule has 3 aromatic carbocycles. The van der Waals surface area contributed by atoms with Crippen LogP contribution >= 0.6 is 0 Å². The monoisotopic (exact) mass is 704 g/mol. The molecule has 1 saturated heterocycles. The van der Waals surface area contributed by atoms with Crippen molar-refractivity contribution in [2.24, 2.45) is 4.99 Å². The highest BCUT2D eigenvalue weighted by Crippen LogP contribution is 2.51. The first-order valence-electron chi connectivity index (χ1n) is 16.0. The van der Waals surface area contributed by atoms with Crippen LogP contribution in [0.5, 0.6) is 34.5 Å². The standard InChI is InChI=1S/C36H36N2O13/c1-2-17-11-18(13-21(39)12-17)16-48-33-26(50-36-32(44)30(42)31(43)34(51-36)35(45)46)15-25-28(29(33)41)23(40)14-24(49-25)19-3-6-22(7-4-19)47-10-9-20-5-8-27(37)38-20/h3-8,11-15,24,30-32,34,36-37,39-44H,2,9-10,16H2,1H3,(H,45,46). The number of aliphatic imine (C=N–C) groups is 1. The highest BCUT2D eigenvalue weighted by Gasteiger charge is 2.48. The fourth-order valence-electron chi connectivity index (χ4n) is 5.76. The van der Waals surface area contributed by atoms with Crippen molar-refractivity contribution in [2.45, 2.75) is 63.2 Å². The summed E-state index contributed by atoms with van der Waals surface area (Å²) in [7, 11) is 0. The number of nitrogens with zero attached hydrogens (tertiary/aromatic N) is 1. The van der Waals surface area contributed by atoms with Crippen LogP contribution in [0.3, 0.4) is 0 Å². The van der Waals surface area contributed by atoms with Crippen LogP contribution in [0.25, 0.3) is 5.76 Å². The highest BCUT2D eigenvalue weighted by molar-refractivity contribution is 6.14. The molecule has 3 aromatic rings. The number of rotatable bonds is 12. The number of aliphatic carboxylic acids is 1. The first kappa shape index (κ1) is 35.2. The molecule has 6 rings (SSSR count). The number of phenolic OH excluding ortho intramolecular Hbond substituents is 2. The normalized spacial score (nSPS) is 23.9. The number of carbonyl (C=O) groups is 1. The van der Waals surface area contributed by atoms with E-state index in [2.05, 4.69) is 4.99 Å². The molecule has 6 unspecified atom stereocenters. The number of nitrogens with one attached hydrogen (secondary N) is 1. The lowest BCUT2D eigenvalue weighted by Crippen LogP contribution is -2.61. The summed E-state index contributed by atoms with van der Waals surface area (Å²) >= 11 is 0. The predicted molar refractivity (Wildman–Crippen MR) is 180 cm³/mol. The van der Waals surface area contributed by atoms with E-state index in [-0.39, 0.29) is 46.8 Å². The fourth-order valence-corrected chi connectivity index (χ4v) is 5.76. The summed E-state index contributed by atoms with van der Waals surface area (Å²) < 4.78 is 29.0. The molecule has 8 N–H and O–H groups in total. The van der Waals surface area contributed by atoms with Gasteiger partial charge in [0.25, 0.3) is 0 Å². The molecule has 1 fully saturated rings. The number of hydrogen-bond acceptors (Lipinski definition) is 13. The van der Waals surface area contributed by atoms with E-state index in [1.807, 2.05) is 6.92 Å². The average Bonchev–Trinajstić information content (AvgIpc) is 3.52. The molecule has 0 amide bonds. The Labute approximate surface area is 291 Å². The summed E-state index contributed by atoms with van der Waals surface area (Å²) in [6.45, 7) is 2.02. The van der Waals surface area contributed by atoms with Crippen LogP contribution in [-0.2, 0) is 22.6 Å². The number of amidine groups is 1. The number of allylic oxidation sites excluding steroid dienone is 1. The lowest BCUT2D eigenvalue weighted by atomic mass is 9.99. The lowest BCUT2D eigenvalue weighted by molar-refractivity contribution is -0.271. The van der Waals surface area contributed by atoms with Gasteiger partial charge in [-0.2, -0.15) is 0 Å². The van der Waals surface area contributed by atoms with Gasteiger partial charge in [-0.25, -0.2) is 9.79 Å². The minimum atomic E-state index is -1.97. The number of aromatic hydroxyl groups is 2. The maximum absolute atomic E-state index is 11.7. The highest BCUT2D eigenvalue weighted by atomic mass is 16.7. The summed E-state index contributed by atoms with van der Waals surface area (Å²) in [5.41, 5.74) is 2.52. The zero-order valence-electron chi connectivity index (χ0n) is 27.2. The van der Waals surface area contributed by atoms with Crippen LogP contribution in [0.15, 0.2) is 71.8 Å². The van der Waals surface area contributed by atoms with Crippen LogP contribution in [0.1, 0.15) is 41.7 Å². The van der Waals surface area contributed by atoms with Gasteiger partial charge in [0.15, 0.2) is 17.6 Å². The van der Waals surface area contributed by atoms with Crippen molar-refractivity contribution in [1.29, 1.82) is 5.41 Å². The smallest absolute Gasteiger partial charge is 0.335 e. The maximum atomic E-state index is 11.7. The summed E-state index contributed by atoms with van der Waals surface area (Å²) in [5.74, 6) is -2.65. The van der Waals surface area contributed by atoms with Gasteiger partial charge in [0.1, 0.15) is 65.4 Å². The van der Waals surface area contributed by atoms with Gasteiger partial charge in [-0.1, -0.05) is 25.1 Å². The van der Waals surface area contributed by atoms with Crippen molar-refractivity contribution in [3.63, 3.8) is 0 Å². The van der Waals surface area contributed by atoms with Crippen molar-refractivity contribution in [1.82, 2.24) is 0 Å². The summed E-state index contributed by atoms with van der Waals surface area (Å²) in [5, 5.41) is 80.9. The fraction of sp³-hybridized carbons (Fsp3) is 0.306. The van der Waals surface area contributed by atoms with E-state index < -0.39 is 48.5 Å². The quantitative estimate of drug-likeness (QED) is 0.135. The van der Waals surface area contributed by atoms with E-state index in [4.69, 9.17) is 29.1 Å². The average molecular weight is 705 g/mol. The van der Waals surface area contributed by atoms with Gasteiger partial charge in [0, 0.05) is 24.3 Å². The van der Waals surface area contributed by atoms with Crippen molar-refractivity contribution in [3.8, 4) is 34.5 Å². The minimum Gasteiger partial charge on any atom is -0.508 e. The van der Waals surface area contributed by atoms with Gasteiger partial charge >= 0.3 is 5.97 Å². The van der Waals surface area contributed by atoms with E-state index >= 15 is 0 Å². The second kappa shape index (κ2) is 14.7. The number of aliphatic hydroxyl groups is 4. The Morgan fingerprint density at radius 2 is 1.69 bits per heavy atom. The molecule has 0 saturated carbocycles. The van der Waals surface area contributed by atoms with Crippen LogP contribution in [-0.4, -0.2) is 90.6 Å². The second-order valence-corrected chi connectivity index (χ2v) is 12.0. The molecule has 6 atom stereocenters. The number of carboxylic acids is 1. The Kier molecular flexibility index (Phi) is 10.2. The molecule has 0 aliphatic carbocycles. The largest absolute Gasteiger partial charge is 0.508 e. The van der Waals surface area contributed by atoms with Gasteiger partial charge in [0.2, 0.25) is 12.0 Å². The Hall–Kier alpha value is -5.61. The molecular formula is C36H36N2O13.